The molecule has 0 saturated carbocycles. The molecule has 0 bridgehead atoms. The maximum atomic E-state index is 12.8. The Morgan fingerprint density at radius 1 is 1.35 bits per heavy atom. The summed E-state index contributed by atoms with van der Waals surface area (Å²) in [5.74, 6) is -1.23. The lowest BCUT2D eigenvalue weighted by atomic mass is 10.1. The molecule has 1 aromatic rings. The monoisotopic (exact) mass is 372 g/mol. The highest BCUT2D eigenvalue weighted by molar-refractivity contribution is 6.01. The summed E-state index contributed by atoms with van der Waals surface area (Å²) in [6.45, 7) is 0.649. The molecule has 1 heterocycles. The van der Waals surface area contributed by atoms with Gasteiger partial charge >= 0.3 is 6.18 Å². The molecule has 0 aliphatic carbocycles. The van der Waals surface area contributed by atoms with E-state index in [2.05, 4.69) is 0 Å². The molecule has 1 fully saturated rings. The van der Waals surface area contributed by atoms with Crippen molar-refractivity contribution in [1.29, 1.82) is 0 Å². The van der Waals surface area contributed by atoms with Gasteiger partial charge in [0, 0.05) is 19.5 Å². The van der Waals surface area contributed by atoms with Gasteiger partial charge in [-0.3, -0.25) is 9.59 Å². The van der Waals surface area contributed by atoms with E-state index in [1.54, 1.807) is 24.3 Å². The van der Waals surface area contributed by atoms with Gasteiger partial charge in [0.15, 0.2) is 0 Å². The zero-order valence-electron chi connectivity index (χ0n) is 14.9. The van der Waals surface area contributed by atoms with Crippen LogP contribution in [0.3, 0.4) is 0 Å². The fourth-order valence-electron chi connectivity index (χ4n) is 3.05. The van der Waals surface area contributed by atoms with E-state index in [9.17, 15) is 22.8 Å². The number of unbranched alkanes of at least 4 members (excludes halogenated alkanes) is 1. The first-order valence-electron chi connectivity index (χ1n) is 8.55. The standard InChI is InChI=1S/C18H23F3N2O3/c1-3-4-9-22(12-18(19,20)21)17(25)13-10-16(24)23(11-13)14-7-5-6-8-15(14)26-2/h5-8,13H,3-4,9-12H2,1-2H3. The van der Waals surface area contributed by atoms with Crippen molar-refractivity contribution in [3.05, 3.63) is 24.3 Å². The van der Waals surface area contributed by atoms with Crippen LogP contribution in [0.4, 0.5) is 18.9 Å². The van der Waals surface area contributed by atoms with Crippen molar-refractivity contribution in [3.8, 4) is 5.75 Å². The second-order valence-corrected chi connectivity index (χ2v) is 6.31. The first-order valence-corrected chi connectivity index (χ1v) is 8.55. The smallest absolute Gasteiger partial charge is 0.406 e. The topological polar surface area (TPSA) is 49.9 Å². The average Bonchev–Trinajstić information content (AvgIpc) is 2.98. The summed E-state index contributed by atoms with van der Waals surface area (Å²) in [5, 5.41) is 0. The van der Waals surface area contributed by atoms with E-state index in [1.165, 1.54) is 12.0 Å². The van der Waals surface area contributed by atoms with Crippen LogP contribution in [0.25, 0.3) is 0 Å². The molecule has 0 N–H and O–H groups in total. The largest absolute Gasteiger partial charge is 0.495 e. The molecule has 1 unspecified atom stereocenters. The fraction of sp³-hybridized carbons (Fsp3) is 0.556. The summed E-state index contributed by atoms with van der Waals surface area (Å²) in [4.78, 5) is 27.2. The Morgan fingerprint density at radius 2 is 2.04 bits per heavy atom. The van der Waals surface area contributed by atoms with Crippen molar-refractivity contribution in [2.75, 3.05) is 31.6 Å². The molecule has 1 atom stereocenters. The van der Waals surface area contributed by atoms with E-state index in [0.29, 0.717) is 24.3 Å². The third-order valence-electron chi connectivity index (χ3n) is 4.31. The van der Waals surface area contributed by atoms with Crippen molar-refractivity contribution in [2.45, 2.75) is 32.4 Å². The molecule has 1 saturated heterocycles. The molecule has 0 aromatic heterocycles. The van der Waals surface area contributed by atoms with Gasteiger partial charge in [0.1, 0.15) is 12.3 Å². The van der Waals surface area contributed by atoms with Crippen LogP contribution in [0, 0.1) is 5.92 Å². The Morgan fingerprint density at radius 3 is 2.65 bits per heavy atom. The minimum Gasteiger partial charge on any atom is -0.495 e. The minimum atomic E-state index is -4.46. The summed E-state index contributed by atoms with van der Waals surface area (Å²) in [6.07, 6.45) is -3.40. The molecular formula is C18H23F3N2O3. The maximum Gasteiger partial charge on any atom is 0.406 e. The molecule has 1 aliphatic heterocycles. The van der Waals surface area contributed by atoms with Gasteiger partial charge in [-0.1, -0.05) is 25.5 Å². The number of hydrogen-bond donors (Lipinski definition) is 0. The van der Waals surface area contributed by atoms with Crippen LogP contribution < -0.4 is 9.64 Å². The lowest BCUT2D eigenvalue weighted by Crippen LogP contribution is -2.43. The summed E-state index contributed by atoms with van der Waals surface area (Å²) in [6, 6.07) is 6.86. The van der Waals surface area contributed by atoms with Crippen molar-refractivity contribution in [1.82, 2.24) is 4.90 Å². The summed E-state index contributed by atoms with van der Waals surface area (Å²) >= 11 is 0. The van der Waals surface area contributed by atoms with E-state index in [-0.39, 0.29) is 25.4 Å². The lowest BCUT2D eigenvalue weighted by Gasteiger charge is -2.26. The molecule has 1 aromatic carbocycles. The Bertz CT molecular complexity index is 649. The lowest BCUT2D eigenvalue weighted by molar-refractivity contribution is -0.163. The van der Waals surface area contributed by atoms with Gasteiger partial charge in [0.05, 0.1) is 18.7 Å². The van der Waals surface area contributed by atoms with E-state index < -0.39 is 24.5 Å². The number of halogens is 3. The number of benzene rings is 1. The number of amides is 2. The first-order chi connectivity index (χ1) is 12.3. The van der Waals surface area contributed by atoms with Gasteiger partial charge < -0.3 is 14.5 Å². The molecule has 2 amide bonds. The van der Waals surface area contributed by atoms with Gasteiger partial charge in [-0.15, -0.1) is 0 Å². The number of nitrogens with zero attached hydrogens (tertiary/aromatic N) is 2. The van der Waals surface area contributed by atoms with Gasteiger partial charge in [0.2, 0.25) is 11.8 Å². The molecule has 5 nitrogen and oxygen atoms in total. The zero-order valence-corrected chi connectivity index (χ0v) is 14.9. The van der Waals surface area contributed by atoms with Crippen LogP contribution in [0.15, 0.2) is 24.3 Å². The second kappa shape index (κ2) is 8.42. The highest BCUT2D eigenvalue weighted by Gasteiger charge is 2.40. The van der Waals surface area contributed by atoms with Crippen LogP contribution in [0.1, 0.15) is 26.2 Å². The van der Waals surface area contributed by atoms with E-state index >= 15 is 0 Å². The van der Waals surface area contributed by atoms with Crippen LogP contribution in [0.2, 0.25) is 0 Å². The highest BCUT2D eigenvalue weighted by Crippen LogP contribution is 2.33. The number of anilines is 1. The summed E-state index contributed by atoms with van der Waals surface area (Å²) in [5.41, 5.74) is 0.520. The second-order valence-electron chi connectivity index (χ2n) is 6.31. The van der Waals surface area contributed by atoms with E-state index in [4.69, 9.17) is 4.74 Å². The van der Waals surface area contributed by atoms with Crippen LogP contribution in [-0.4, -0.2) is 49.6 Å². The number of para-hydroxylation sites is 2. The van der Waals surface area contributed by atoms with Crippen molar-refractivity contribution < 1.29 is 27.5 Å². The maximum absolute atomic E-state index is 12.8. The molecule has 8 heteroatoms. The zero-order chi connectivity index (χ0) is 19.3. The molecular weight excluding hydrogens is 349 g/mol. The number of alkyl halides is 3. The van der Waals surface area contributed by atoms with E-state index in [0.717, 1.165) is 4.90 Å². The predicted molar refractivity (Wildman–Crippen MR) is 91.0 cm³/mol. The Labute approximate surface area is 150 Å². The third kappa shape index (κ3) is 4.89. The molecule has 144 valence electrons. The summed E-state index contributed by atoms with van der Waals surface area (Å²) in [7, 11) is 1.47. The Balaban J connectivity index is 2.15. The molecule has 0 radical (unpaired) electrons. The van der Waals surface area contributed by atoms with Crippen molar-refractivity contribution in [2.24, 2.45) is 5.92 Å². The molecule has 0 spiro atoms. The fourth-order valence-corrected chi connectivity index (χ4v) is 3.05. The number of ether oxygens (including phenoxy) is 1. The first kappa shape index (κ1) is 20.1. The quantitative estimate of drug-likeness (QED) is 0.738. The Kier molecular flexibility index (Phi) is 6.50. The molecule has 2 rings (SSSR count). The van der Waals surface area contributed by atoms with Gasteiger partial charge in [0.25, 0.3) is 0 Å². The van der Waals surface area contributed by atoms with Gasteiger partial charge in [-0.25, -0.2) is 0 Å². The van der Waals surface area contributed by atoms with Crippen LogP contribution in [0.5, 0.6) is 5.75 Å². The summed E-state index contributed by atoms with van der Waals surface area (Å²) < 4.78 is 43.7. The number of hydrogen-bond acceptors (Lipinski definition) is 3. The molecule has 26 heavy (non-hydrogen) atoms. The Hall–Kier alpha value is -2.25. The van der Waals surface area contributed by atoms with E-state index in [1.807, 2.05) is 6.92 Å². The third-order valence-corrected chi connectivity index (χ3v) is 4.31. The SMILES string of the molecule is CCCCN(CC(F)(F)F)C(=O)C1CC(=O)N(c2ccccc2OC)C1. The number of carbonyl (C=O) groups excluding carboxylic acids is 2. The number of carbonyl (C=O) groups is 2. The van der Waals surface area contributed by atoms with Gasteiger partial charge in [-0.2, -0.15) is 13.2 Å². The number of rotatable bonds is 7. The van der Waals surface area contributed by atoms with Gasteiger partial charge in [-0.05, 0) is 18.6 Å². The van der Waals surface area contributed by atoms with Crippen molar-refractivity contribution in [3.63, 3.8) is 0 Å². The van der Waals surface area contributed by atoms with Crippen molar-refractivity contribution >= 4 is 17.5 Å². The minimum absolute atomic E-state index is 0.0359. The highest BCUT2D eigenvalue weighted by atomic mass is 19.4. The average molecular weight is 372 g/mol. The predicted octanol–water partition coefficient (Wildman–Crippen LogP) is 3.24. The van der Waals surface area contributed by atoms with Crippen LogP contribution in [-0.2, 0) is 9.59 Å². The van der Waals surface area contributed by atoms with Crippen LogP contribution >= 0.6 is 0 Å². The normalized spacial score (nSPS) is 17.5. The molecule has 1 aliphatic rings. The number of methoxy groups -OCH3 is 1.